The standard InChI is InChI=1S/C32H32FNO6S/c33-26-14-19(8-10-27(26)37)13-21(20-5-2-1-3-6-20)9-11-28(38)29-22(17-35)15-24-30(25(29)18-36)32(40)34(31(24)39)16-23-7-4-12-41-23/h1-8,10,12-14,24-25,28,30,35-38H,9,11,15-18H2/b21-13-/t24-,25+,28-,30-/m1/s1. The van der Waals surface area contributed by atoms with Gasteiger partial charge in [-0.05, 0) is 70.7 Å². The van der Waals surface area contributed by atoms with Crippen LogP contribution >= 0.6 is 11.3 Å². The summed E-state index contributed by atoms with van der Waals surface area (Å²) >= 11 is 1.45. The molecule has 4 atom stereocenters. The molecular formula is C32H32FNO6S. The number of aromatic hydroxyl groups is 1. The van der Waals surface area contributed by atoms with Gasteiger partial charge in [-0.3, -0.25) is 14.5 Å². The molecule has 1 aromatic heterocycles. The van der Waals surface area contributed by atoms with Crippen LogP contribution in [-0.2, 0) is 16.1 Å². The van der Waals surface area contributed by atoms with Gasteiger partial charge >= 0.3 is 0 Å². The molecule has 5 rings (SSSR count). The highest BCUT2D eigenvalue weighted by atomic mass is 32.1. The number of carbonyl (C=O) groups is 2. The number of amides is 2. The van der Waals surface area contributed by atoms with Crippen molar-refractivity contribution in [3.63, 3.8) is 0 Å². The number of benzene rings is 2. The third-order valence-electron chi connectivity index (χ3n) is 8.06. The second-order valence-electron chi connectivity index (χ2n) is 10.5. The van der Waals surface area contributed by atoms with Crippen LogP contribution < -0.4 is 0 Å². The third kappa shape index (κ3) is 5.90. The van der Waals surface area contributed by atoms with Gasteiger partial charge in [0, 0.05) is 10.8 Å². The number of aliphatic hydroxyl groups excluding tert-OH is 3. The number of hydrogen-bond donors (Lipinski definition) is 4. The van der Waals surface area contributed by atoms with Gasteiger partial charge in [0.25, 0.3) is 0 Å². The smallest absolute Gasteiger partial charge is 0.234 e. The number of halogens is 1. The average Bonchev–Trinajstić information content (AvgIpc) is 3.59. The Hall–Kier alpha value is -3.63. The maximum absolute atomic E-state index is 14.0. The molecule has 1 aliphatic carbocycles. The van der Waals surface area contributed by atoms with Crippen molar-refractivity contribution in [1.29, 1.82) is 0 Å². The van der Waals surface area contributed by atoms with E-state index in [0.717, 1.165) is 16.0 Å². The second kappa shape index (κ2) is 12.5. The largest absolute Gasteiger partial charge is 0.505 e. The fourth-order valence-electron chi connectivity index (χ4n) is 6.10. The van der Waals surface area contributed by atoms with Crippen molar-refractivity contribution in [1.82, 2.24) is 4.90 Å². The lowest BCUT2D eigenvalue weighted by molar-refractivity contribution is -0.140. The number of phenols is 1. The summed E-state index contributed by atoms with van der Waals surface area (Å²) in [5.41, 5.74) is 3.11. The molecule has 2 heterocycles. The van der Waals surface area contributed by atoms with Crippen LogP contribution in [0.15, 0.2) is 77.2 Å². The highest BCUT2D eigenvalue weighted by Gasteiger charge is 2.54. The number of phenolic OH excluding ortho intramolecular Hbond substituents is 1. The van der Waals surface area contributed by atoms with E-state index < -0.39 is 48.6 Å². The van der Waals surface area contributed by atoms with Crippen molar-refractivity contribution in [3.05, 3.63) is 99.0 Å². The predicted octanol–water partition coefficient (Wildman–Crippen LogP) is 4.38. The van der Waals surface area contributed by atoms with Crippen molar-refractivity contribution in [2.45, 2.75) is 31.9 Å². The van der Waals surface area contributed by atoms with E-state index >= 15 is 0 Å². The fraction of sp³-hybridized carbons (Fsp3) is 0.312. The molecule has 2 amide bonds. The van der Waals surface area contributed by atoms with Crippen molar-refractivity contribution in [3.8, 4) is 5.75 Å². The van der Waals surface area contributed by atoms with Crippen molar-refractivity contribution in [2.24, 2.45) is 17.8 Å². The van der Waals surface area contributed by atoms with Crippen LogP contribution in [0.3, 0.4) is 0 Å². The van der Waals surface area contributed by atoms with Crippen molar-refractivity contribution >= 4 is 34.8 Å². The monoisotopic (exact) mass is 577 g/mol. The zero-order valence-electron chi connectivity index (χ0n) is 22.3. The zero-order chi connectivity index (χ0) is 29.1. The maximum atomic E-state index is 14.0. The van der Waals surface area contributed by atoms with E-state index in [2.05, 4.69) is 0 Å². The summed E-state index contributed by atoms with van der Waals surface area (Å²) < 4.78 is 14.0. The minimum atomic E-state index is -1.09. The van der Waals surface area contributed by atoms with E-state index in [-0.39, 0.29) is 31.2 Å². The van der Waals surface area contributed by atoms with Crippen LogP contribution in [0.25, 0.3) is 11.6 Å². The molecule has 3 aromatic rings. The predicted molar refractivity (Wildman–Crippen MR) is 154 cm³/mol. The molecule has 1 aliphatic heterocycles. The van der Waals surface area contributed by atoms with E-state index in [9.17, 15) is 34.4 Å². The summed E-state index contributed by atoms with van der Waals surface area (Å²) in [6, 6.07) is 17.2. The molecular weight excluding hydrogens is 545 g/mol. The highest BCUT2D eigenvalue weighted by Crippen LogP contribution is 2.46. The first kappa shape index (κ1) is 28.9. The van der Waals surface area contributed by atoms with E-state index in [1.807, 2.05) is 47.8 Å². The lowest BCUT2D eigenvalue weighted by Gasteiger charge is -2.36. The molecule has 1 fully saturated rings. The normalized spacial score (nSPS) is 21.9. The Kier molecular flexibility index (Phi) is 8.79. The fourth-order valence-corrected chi connectivity index (χ4v) is 6.79. The minimum Gasteiger partial charge on any atom is -0.505 e. The SMILES string of the molecule is O=C1[C@@H]2[C@@H](CC(CO)=C([C@H](O)CC/C(=C/c3ccc(O)c(F)c3)c3ccccc3)[C@@H]2CO)C(=O)N1Cc1cccs1. The molecule has 0 bridgehead atoms. The Bertz CT molecular complexity index is 1470. The maximum Gasteiger partial charge on any atom is 0.234 e. The molecule has 41 heavy (non-hydrogen) atoms. The molecule has 0 spiro atoms. The zero-order valence-corrected chi connectivity index (χ0v) is 23.1. The van der Waals surface area contributed by atoms with E-state index in [1.165, 1.54) is 28.4 Å². The van der Waals surface area contributed by atoms with Crippen LogP contribution in [-0.4, -0.2) is 56.5 Å². The number of nitrogens with zero attached hydrogens (tertiary/aromatic N) is 1. The number of likely N-dealkylation sites (tertiary alicyclic amines) is 1. The van der Waals surface area contributed by atoms with Gasteiger partial charge < -0.3 is 20.4 Å². The Morgan fingerprint density at radius 1 is 1.07 bits per heavy atom. The molecule has 0 unspecified atom stereocenters. The molecule has 7 nitrogen and oxygen atoms in total. The van der Waals surface area contributed by atoms with Crippen LogP contribution in [0.5, 0.6) is 5.75 Å². The van der Waals surface area contributed by atoms with Crippen LogP contribution in [0, 0.1) is 23.6 Å². The topological polar surface area (TPSA) is 118 Å². The number of fused-ring (bicyclic) bond motifs is 1. The summed E-state index contributed by atoms with van der Waals surface area (Å²) in [6.45, 7) is -0.681. The summed E-state index contributed by atoms with van der Waals surface area (Å²) in [4.78, 5) is 28.9. The molecule has 0 saturated carbocycles. The lowest BCUT2D eigenvalue weighted by Crippen LogP contribution is -2.39. The minimum absolute atomic E-state index is 0.143. The van der Waals surface area contributed by atoms with Crippen molar-refractivity contribution in [2.75, 3.05) is 13.2 Å². The van der Waals surface area contributed by atoms with Crippen LogP contribution in [0.2, 0.25) is 0 Å². The first-order valence-electron chi connectivity index (χ1n) is 13.6. The Morgan fingerprint density at radius 2 is 1.85 bits per heavy atom. The van der Waals surface area contributed by atoms with E-state index in [0.29, 0.717) is 23.1 Å². The van der Waals surface area contributed by atoms with Gasteiger partial charge in [-0.25, -0.2) is 4.39 Å². The average molecular weight is 578 g/mol. The van der Waals surface area contributed by atoms with Gasteiger partial charge in [-0.2, -0.15) is 0 Å². The van der Waals surface area contributed by atoms with Gasteiger partial charge in [-0.15, -0.1) is 11.3 Å². The molecule has 4 N–H and O–H groups in total. The summed E-state index contributed by atoms with van der Waals surface area (Å²) in [6.07, 6.45) is 1.40. The molecule has 2 aromatic carbocycles. The Balaban J connectivity index is 1.40. The number of thiophene rings is 1. The Labute approximate surface area is 241 Å². The van der Waals surface area contributed by atoms with Gasteiger partial charge in [0.05, 0.1) is 37.7 Å². The van der Waals surface area contributed by atoms with Gasteiger partial charge in [0.15, 0.2) is 11.6 Å². The molecule has 2 aliphatic rings. The number of aliphatic hydroxyl groups is 3. The van der Waals surface area contributed by atoms with Crippen LogP contribution in [0.1, 0.15) is 35.3 Å². The molecule has 9 heteroatoms. The first-order valence-corrected chi connectivity index (χ1v) is 14.4. The first-order chi connectivity index (χ1) is 19.8. The van der Waals surface area contributed by atoms with E-state index in [1.54, 1.807) is 12.1 Å². The number of hydrogen-bond acceptors (Lipinski definition) is 7. The van der Waals surface area contributed by atoms with Gasteiger partial charge in [0.1, 0.15) is 0 Å². The summed E-state index contributed by atoms with van der Waals surface area (Å²) in [7, 11) is 0. The highest BCUT2D eigenvalue weighted by molar-refractivity contribution is 7.09. The van der Waals surface area contributed by atoms with E-state index in [4.69, 9.17) is 0 Å². The summed E-state index contributed by atoms with van der Waals surface area (Å²) in [5, 5.41) is 43.6. The number of rotatable bonds is 10. The third-order valence-corrected chi connectivity index (χ3v) is 8.92. The Morgan fingerprint density at radius 3 is 2.51 bits per heavy atom. The molecule has 1 saturated heterocycles. The lowest BCUT2D eigenvalue weighted by atomic mass is 9.68. The molecule has 214 valence electrons. The van der Waals surface area contributed by atoms with Crippen LogP contribution in [0.4, 0.5) is 4.39 Å². The quantitative estimate of drug-likeness (QED) is 0.161. The molecule has 0 radical (unpaired) electrons. The number of allylic oxidation sites excluding steroid dienone is 1. The number of imide groups is 1. The van der Waals surface area contributed by atoms with Crippen molar-refractivity contribution < 1.29 is 34.4 Å². The van der Waals surface area contributed by atoms with Gasteiger partial charge in [-0.1, -0.05) is 48.5 Å². The van der Waals surface area contributed by atoms with Gasteiger partial charge in [0.2, 0.25) is 11.8 Å². The summed E-state index contributed by atoms with van der Waals surface area (Å²) in [5.74, 6) is -4.17. The second-order valence-corrected chi connectivity index (χ2v) is 11.5. The number of carbonyl (C=O) groups excluding carboxylic acids is 2.